The average Bonchev–Trinajstić information content (AvgIpc) is 2.63. The van der Waals surface area contributed by atoms with Gasteiger partial charge in [-0.3, -0.25) is 4.79 Å². The molecule has 0 spiro atoms. The van der Waals surface area contributed by atoms with E-state index in [-0.39, 0.29) is 18.3 Å². The second-order valence-electron chi connectivity index (χ2n) is 6.97. The van der Waals surface area contributed by atoms with E-state index in [0.717, 1.165) is 44.6 Å². The van der Waals surface area contributed by atoms with E-state index in [0.29, 0.717) is 6.04 Å². The highest BCUT2D eigenvalue weighted by Crippen LogP contribution is 2.24. The Balaban J connectivity index is 0.00000243. The van der Waals surface area contributed by atoms with Crippen molar-refractivity contribution in [3.8, 4) is 0 Å². The van der Waals surface area contributed by atoms with Gasteiger partial charge in [0.2, 0.25) is 5.91 Å². The number of likely N-dealkylation sites (tertiary alicyclic amines) is 1. The number of aryl methyl sites for hydroxylation is 1. The number of para-hydroxylation sites is 1. The van der Waals surface area contributed by atoms with Gasteiger partial charge in [0.25, 0.3) is 0 Å². The first kappa shape index (κ1) is 20.5. The molecule has 0 atom stereocenters. The van der Waals surface area contributed by atoms with Crippen molar-refractivity contribution >= 4 is 24.0 Å². The van der Waals surface area contributed by atoms with E-state index >= 15 is 0 Å². The van der Waals surface area contributed by atoms with Crippen LogP contribution in [0.4, 0.5) is 5.69 Å². The zero-order valence-corrected chi connectivity index (χ0v) is 16.5. The first-order chi connectivity index (χ1) is 12.1. The van der Waals surface area contributed by atoms with Crippen LogP contribution in [0, 0.1) is 6.92 Å². The van der Waals surface area contributed by atoms with Crippen LogP contribution in [0.2, 0.25) is 0 Å². The lowest BCUT2D eigenvalue weighted by molar-refractivity contribution is -0.117. The van der Waals surface area contributed by atoms with Crippen LogP contribution in [0.15, 0.2) is 54.6 Å². The maximum absolute atomic E-state index is 12.2. The van der Waals surface area contributed by atoms with Crippen LogP contribution in [0.3, 0.4) is 0 Å². The lowest BCUT2D eigenvalue weighted by Crippen LogP contribution is -2.47. The zero-order valence-electron chi connectivity index (χ0n) is 15.7. The Hall–Kier alpha value is -1.84. The van der Waals surface area contributed by atoms with Gasteiger partial charge >= 0.3 is 0 Å². The molecule has 1 saturated heterocycles. The molecule has 1 fully saturated rings. The number of hydrogen-bond donors (Lipinski definition) is 0. The van der Waals surface area contributed by atoms with E-state index in [9.17, 15) is 4.79 Å². The van der Waals surface area contributed by atoms with E-state index in [1.807, 2.05) is 35.2 Å². The molecule has 0 bridgehead atoms. The summed E-state index contributed by atoms with van der Waals surface area (Å²) in [4.78, 5) is 16.7. The molecule has 1 heterocycles. The predicted molar refractivity (Wildman–Crippen MR) is 111 cm³/mol. The summed E-state index contributed by atoms with van der Waals surface area (Å²) in [6, 6.07) is 19.0. The molecule has 140 valence electrons. The number of piperidine rings is 1. The maximum atomic E-state index is 12.2. The van der Waals surface area contributed by atoms with E-state index in [1.54, 1.807) is 6.92 Å². The summed E-state index contributed by atoms with van der Waals surface area (Å²) in [5.41, 5.74) is 3.84. The molecule has 0 unspecified atom stereocenters. The highest BCUT2D eigenvalue weighted by molar-refractivity contribution is 5.92. The molecule has 1 aliphatic heterocycles. The first-order valence-corrected chi connectivity index (χ1v) is 9.27. The highest BCUT2D eigenvalue weighted by Gasteiger charge is 2.27. The summed E-state index contributed by atoms with van der Waals surface area (Å²) in [5.74, 6) is 0.143. The Morgan fingerprint density at radius 3 is 2.27 bits per heavy atom. The zero-order chi connectivity index (χ0) is 17.6. The summed E-state index contributed by atoms with van der Waals surface area (Å²) < 4.78 is 0. The molecule has 3 rings (SSSR count). The molecular weight excluding hydrogens is 344 g/mol. The van der Waals surface area contributed by atoms with Crippen molar-refractivity contribution in [2.75, 3.05) is 24.5 Å². The molecule has 1 amide bonds. The van der Waals surface area contributed by atoms with Gasteiger partial charge in [-0.25, -0.2) is 0 Å². The fourth-order valence-corrected chi connectivity index (χ4v) is 3.81. The number of hydrogen-bond acceptors (Lipinski definition) is 2. The number of benzene rings is 2. The number of anilines is 1. The molecular formula is C22H29ClN2O. The molecule has 0 N–H and O–H groups in total. The standard InChI is InChI=1S/C22H28N2O.ClH/c1-18-8-6-7-9-20(18)12-15-23-16-13-22(14-17-23)24(19(2)25)21-10-4-3-5-11-21;/h3-11,22H,12-17H2,1-2H3;1H. The Bertz CT molecular complexity index is 696. The smallest absolute Gasteiger partial charge is 0.224 e. The van der Waals surface area contributed by atoms with Gasteiger partial charge < -0.3 is 9.80 Å². The lowest BCUT2D eigenvalue weighted by atomic mass is 10.0. The third kappa shape index (κ3) is 5.09. The minimum Gasteiger partial charge on any atom is -0.310 e. The van der Waals surface area contributed by atoms with Crippen LogP contribution in [0.5, 0.6) is 0 Å². The van der Waals surface area contributed by atoms with Crippen molar-refractivity contribution in [2.45, 2.75) is 39.2 Å². The normalized spacial score (nSPS) is 15.3. The van der Waals surface area contributed by atoms with Crippen LogP contribution < -0.4 is 4.90 Å². The van der Waals surface area contributed by atoms with Crippen LogP contribution in [0.1, 0.15) is 30.9 Å². The Morgan fingerprint density at radius 2 is 1.65 bits per heavy atom. The maximum Gasteiger partial charge on any atom is 0.224 e. The molecule has 4 heteroatoms. The van der Waals surface area contributed by atoms with E-state index < -0.39 is 0 Å². The molecule has 0 radical (unpaired) electrons. The third-order valence-corrected chi connectivity index (χ3v) is 5.25. The summed E-state index contributed by atoms with van der Waals surface area (Å²) in [5, 5.41) is 0. The van der Waals surface area contributed by atoms with E-state index in [2.05, 4.69) is 36.1 Å². The number of halogens is 1. The van der Waals surface area contributed by atoms with Gasteiger partial charge in [0.05, 0.1) is 0 Å². The summed E-state index contributed by atoms with van der Waals surface area (Å²) in [6.45, 7) is 7.09. The van der Waals surface area contributed by atoms with Gasteiger partial charge in [-0.15, -0.1) is 12.4 Å². The van der Waals surface area contributed by atoms with E-state index in [4.69, 9.17) is 0 Å². The van der Waals surface area contributed by atoms with E-state index in [1.165, 1.54) is 11.1 Å². The van der Waals surface area contributed by atoms with Crippen molar-refractivity contribution in [2.24, 2.45) is 0 Å². The molecule has 0 aromatic heterocycles. The number of nitrogens with zero attached hydrogens (tertiary/aromatic N) is 2. The molecule has 3 nitrogen and oxygen atoms in total. The number of carbonyl (C=O) groups is 1. The van der Waals surface area contributed by atoms with Crippen LogP contribution >= 0.6 is 12.4 Å². The monoisotopic (exact) mass is 372 g/mol. The van der Waals surface area contributed by atoms with Crippen molar-refractivity contribution in [3.05, 3.63) is 65.7 Å². The van der Waals surface area contributed by atoms with Gasteiger partial charge in [-0.2, -0.15) is 0 Å². The molecule has 0 aliphatic carbocycles. The molecule has 1 aliphatic rings. The molecule has 26 heavy (non-hydrogen) atoms. The molecule has 2 aromatic rings. The Morgan fingerprint density at radius 1 is 1.04 bits per heavy atom. The van der Waals surface area contributed by atoms with Crippen molar-refractivity contribution in [1.29, 1.82) is 0 Å². The fraction of sp³-hybridized carbons (Fsp3) is 0.409. The Labute approximate surface area is 163 Å². The number of carbonyl (C=O) groups excluding carboxylic acids is 1. The minimum absolute atomic E-state index is 0. The van der Waals surface area contributed by atoms with Gasteiger partial charge in [0.15, 0.2) is 0 Å². The number of rotatable bonds is 5. The Kier molecular flexibility index (Phi) is 7.67. The summed E-state index contributed by atoms with van der Waals surface area (Å²) >= 11 is 0. The second kappa shape index (κ2) is 9.75. The first-order valence-electron chi connectivity index (χ1n) is 9.27. The van der Waals surface area contributed by atoms with Gasteiger partial charge in [-0.1, -0.05) is 42.5 Å². The van der Waals surface area contributed by atoms with Crippen LogP contribution in [0.25, 0.3) is 0 Å². The van der Waals surface area contributed by atoms with Crippen LogP contribution in [-0.4, -0.2) is 36.5 Å². The second-order valence-corrected chi connectivity index (χ2v) is 6.97. The average molecular weight is 373 g/mol. The minimum atomic E-state index is 0. The topological polar surface area (TPSA) is 23.6 Å². The van der Waals surface area contributed by atoms with Crippen LogP contribution in [-0.2, 0) is 11.2 Å². The van der Waals surface area contributed by atoms with Crippen molar-refractivity contribution in [1.82, 2.24) is 4.90 Å². The summed E-state index contributed by atoms with van der Waals surface area (Å²) in [7, 11) is 0. The predicted octanol–water partition coefficient (Wildman–Crippen LogP) is 4.48. The van der Waals surface area contributed by atoms with Crippen molar-refractivity contribution < 1.29 is 4.79 Å². The largest absolute Gasteiger partial charge is 0.310 e. The van der Waals surface area contributed by atoms with Gasteiger partial charge in [-0.05, 0) is 49.4 Å². The quantitative estimate of drug-likeness (QED) is 0.772. The SMILES string of the molecule is CC(=O)N(c1ccccc1)C1CCN(CCc2ccccc2C)CC1.Cl. The molecule has 0 saturated carbocycles. The van der Waals surface area contributed by atoms with Gasteiger partial charge in [0, 0.05) is 38.3 Å². The molecule has 2 aromatic carbocycles. The number of amides is 1. The fourth-order valence-electron chi connectivity index (χ4n) is 3.81. The van der Waals surface area contributed by atoms with Gasteiger partial charge in [0.1, 0.15) is 0 Å². The highest BCUT2D eigenvalue weighted by atomic mass is 35.5. The summed E-state index contributed by atoms with van der Waals surface area (Å²) in [6.07, 6.45) is 3.19. The lowest BCUT2D eigenvalue weighted by Gasteiger charge is -2.38. The third-order valence-electron chi connectivity index (χ3n) is 5.25. The van der Waals surface area contributed by atoms with Crippen molar-refractivity contribution in [3.63, 3.8) is 0 Å².